The van der Waals surface area contributed by atoms with Gasteiger partial charge in [-0.25, -0.2) is 4.63 Å². The van der Waals surface area contributed by atoms with E-state index in [0.29, 0.717) is 18.7 Å². The Labute approximate surface area is 143 Å². The van der Waals surface area contributed by atoms with Crippen LogP contribution in [0.3, 0.4) is 0 Å². The van der Waals surface area contributed by atoms with Crippen LogP contribution in [0.5, 0.6) is 0 Å². The Morgan fingerprint density at radius 1 is 1.40 bits per heavy atom. The number of carbonyl (C=O) groups is 2. The van der Waals surface area contributed by atoms with Gasteiger partial charge in [0.2, 0.25) is 5.91 Å². The molecule has 0 bridgehead atoms. The minimum Gasteiger partial charge on any atom is -0.391 e. The minimum absolute atomic E-state index is 0.0565. The van der Waals surface area contributed by atoms with E-state index in [1.165, 1.54) is 0 Å². The molecule has 10 heteroatoms. The number of nitrogens with zero attached hydrogens (tertiary/aromatic N) is 4. The fourth-order valence-electron chi connectivity index (χ4n) is 2.89. The van der Waals surface area contributed by atoms with E-state index >= 15 is 0 Å². The Morgan fingerprint density at radius 2 is 2.20 bits per heavy atom. The molecule has 25 heavy (non-hydrogen) atoms. The standard InChI is InChI=1S/C15H20N6O4/c1-8-3-11(18-17-8)4-10-6-21(7-12(10)22)13(23)5-16-15(24)14-9(2)19-25-20-14/h3,10,12,22H,4-7H2,1-2H3,(H,16,24)(H,17,18)/t10-,12-/m1/s1. The molecule has 2 aromatic rings. The van der Waals surface area contributed by atoms with Gasteiger partial charge in [-0.3, -0.25) is 14.7 Å². The van der Waals surface area contributed by atoms with Crippen molar-refractivity contribution in [1.29, 1.82) is 0 Å². The number of likely N-dealkylation sites (tertiary alicyclic amines) is 1. The van der Waals surface area contributed by atoms with Crippen LogP contribution in [0, 0.1) is 19.8 Å². The average Bonchev–Trinajstić information content (AvgIpc) is 3.27. The molecule has 3 N–H and O–H groups in total. The Balaban J connectivity index is 1.51. The lowest BCUT2D eigenvalue weighted by molar-refractivity contribution is -0.129. The molecule has 1 aliphatic rings. The summed E-state index contributed by atoms with van der Waals surface area (Å²) in [7, 11) is 0. The third-order valence-electron chi connectivity index (χ3n) is 4.26. The second-order valence-corrected chi connectivity index (χ2v) is 6.25. The van der Waals surface area contributed by atoms with E-state index in [1.54, 1.807) is 11.8 Å². The number of aliphatic hydroxyl groups is 1. The van der Waals surface area contributed by atoms with Gasteiger partial charge in [-0.2, -0.15) is 5.10 Å². The van der Waals surface area contributed by atoms with Crippen LogP contribution >= 0.6 is 0 Å². The molecule has 2 atom stereocenters. The van der Waals surface area contributed by atoms with Gasteiger partial charge in [-0.05, 0) is 31.5 Å². The fourth-order valence-corrected chi connectivity index (χ4v) is 2.89. The number of β-amino-alcohol motifs (C(OH)–C–C–N with tert-alkyl or cyclic N) is 1. The summed E-state index contributed by atoms with van der Waals surface area (Å²) in [5.74, 6) is -0.859. The Kier molecular flexibility index (Phi) is 4.79. The van der Waals surface area contributed by atoms with E-state index in [9.17, 15) is 14.7 Å². The molecule has 3 rings (SSSR count). The third kappa shape index (κ3) is 3.85. The lowest BCUT2D eigenvalue weighted by Gasteiger charge is -2.16. The van der Waals surface area contributed by atoms with Gasteiger partial charge in [0.25, 0.3) is 5.91 Å². The highest BCUT2D eigenvalue weighted by molar-refractivity contribution is 5.95. The zero-order valence-electron chi connectivity index (χ0n) is 14.0. The minimum atomic E-state index is -0.612. The summed E-state index contributed by atoms with van der Waals surface area (Å²) >= 11 is 0. The normalized spacial score (nSPS) is 20.0. The second kappa shape index (κ2) is 7.01. The summed E-state index contributed by atoms with van der Waals surface area (Å²) < 4.78 is 4.46. The largest absolute Gasteiger partial charge is 0.391 e. The molecule has 10 nitrogen and oxygen atoms in total. The summed E-state index contributed by atoms with van der Waals surface area (Å²) in [4.78, 5) is 25.7. The lowest BCUT2D eigenvalue weighted by Crippen LogP contribution is -2.39. The molecule has 0 aliphatic carbocycles. The number of nitrogens with one attached hydrogen (secondary N) is 2. The molecular formula is C15H20N6O4. The van der Waals surface area contributed by atoms with Gasteiger partial charge in [0.05, 0.1) is 18.3 Å². The van der Waals surface area contributed by atoms with E-state index in [4.69, 9.17) is 0 Å². The monoisotopic (exact) mass is 348 g/mol. The number of hydrogen-bond acceptors (Lipinski definition) is 7. The van der Waals surface area contributed by atoms with E-state index in [0.717, 1.165) is 11.4 Å². The zero-order chi connectivity index (χ0) is 18.0. The summed E-state index contributed by atoms with van der Waals surface area (Å²) in [6, 6.07) is 1.92. The molecule has 2 amide bonds. The van der Waals surface area contributed by atoms with Crippen LogP contribution in [0.2, 0.25) is 0 Å². The molecule has 1 fully saturated rings. The van der Waals surface area contributed by atoms with Crippen molar-refractivity contribution >= 4 is 11.8 Å². The van der Waals surface area contributed by atoms with Crippen molar-refractivity contribution in [3.63, 3.8) is 0 Å². The quantitative estimate of drug-likeness (QED) is 0.643. The molecule has 0 saturated carbocycles. The number of aryl methyl sites for hydroxylation is 2. The maximum absolute atomic E-state index is 12.3. The molecule has 2 aromatic heterocycles. The van der Waals surface area contributed by atoms with Gasteiger partial charge in [-0.1, -0.05) is 5.16 Å². The van der Waals surface area contributed by atoms with Crippen LogP contribution in [0.4, 0.5) is 0 Å². The maximum atomic E-state index is 12.3. The molecule has 0 spiro atoms. The molecule has 1 aliphatic heterocycles. The van der Waals surface area contributed by atoms with Gasteiger partial charge in [0.15, 0.2) is 5.69 Å². The van der Waals surface area contributed by atoms with Gasteiger partial charge >= 0.3 is 0 Å². The number of carbonyl (C=O) groups excluding carboxylic acids is 2. The van der Waals surface area contributed by atoms with E-state index in [-0.39, 0.29) is 30.6 Å². The van der Waals surface area contributed by atoms with Crippen LogP contribution in [0.1, 0.15) is 27.6 Å². The third-order valence-corrected chi connectivity index (χ3v) is 4.26. The van der Waals surface area contributed by atoms with Crippen molar-refractivity contribution in [1.82, 2.24) is 30.7 Å². The number of rotatable bonds is 5. The second-order valence-electron chi connectivity index (χ2n) is 6.25. The van der Waals surface area contributed by atoms with Crippen molar-refractivity contribution in [2.75, 3.05) is 19.6 Å². The number of H-pyrrole nitrogens is 1. The molecule has 1 saturated heterocycles. The zero-order valence-corrected chi connectivity index (χ0v) is 14.0. The van der Waals surface area contributed by atoms with Crippen molar-refractivity contribution in [3.05, 3.63) is 28.8 Å². The number of amides is 2. The number of aromatic amines is 1. The number of hydrogen-bond donors (Lipinski definition) is 3. The van der Waals surface area contributed by atoms with Crippen molar-refractivity contribution in [2.45, 2.75) is 26.4 Å². The average molecular weight is 348 g/mol. The SMILES string of the molecule is Cc1cc(C[C@@H]2CN(C(=O)CNC(=O)c3nonc3C)C[C@H]2O)n[nH]1. The highest BCUT2D eigenvalue weighted by Gasteiger charge is 2.34. The molecular weight excluding hydrogens is 328 g/mol. The maximum Gasteiger partial charge on any atom is 0.275 e. The van der Waals surface area contributed by atoms with Crippen LogP contribution in [-0.2, 0) is 11.2 Å². The predicted molar refractivity (Wildman–Crippen MR) is 84.5 cm³/mol. The highest BCUT2D eigenvalue weighted by atomic mass is 16.6. The molecule has 0 aromatic carbocycles. The Bertz CT molecular complexity index is 770. The predicted octanol–water partition coefficient (Wildman–Crippen LogP) is -0.799. The first-order chi connectivity index (χ1) is 11.9. The lowest BCUT2D eigenvalue weighted by atomic mass is 10.0. The van der Waals surface area contributed by atoms with Crippen LogP contribution in [0.25, 0.3) is 0 Å². The van der Waals surface area contributed by atoms with Crippen LogP contribution < -0.4 is 5.32 Å². The van der Waals surface area contributed by atoms with E-state index in [1.807, 2.05) is 13.0 Å². The molecule has 0 radical (unpaired) electrons. The Hall–Kier alpha value is -2.75. The summed E-state index contributed by atoms with van der Waals surface area (Å²) in [5, 5.41) is 26.7. The van der Waals surface area contributed by atoms with Gasteiger partial charge in [0, 0.05) is 24.7 Å². The molecule has 3 heterocycles. The fraction of sp³-hybridized carbons (Fsp3) is 0.533. The van der Waals surface area contributed by atoms with Crippen molar-refractivity contribution < 1.29 is 19.3 Å². The summed E-state index contributed by atoms with van der Waals surface area (Å²) in [5.41, 5.74) is 2.23. The Morgan fingerprint density at radius 3 is 2.84 bits per heavy atom. The van der Waals surface area contributed by atoms with E-state index < -0.39 is 12.0 Å². The first-order valence-corrected chi connectivity index (χ1v) is 7.98. The summed E-state index contributed by atoms with van der Waals surface area (Å²) in [6.07, 6.45) is -0.0236. The van der Waals surface area contributed by atoms with Gasteiger partial charge in [0.1, 0.15) is 5.69 Å². The van der Waals surface area contributed by atoms with Crippen molar-refractivity contribution in [2.24, 2.45) is 5.92 Å². The first kappa shape index (κ1) is 17.1. The van der Waals surface area contributed by atoms with Gasteiger partial charge in [-0.15, -0.1) is 0 Å². The smallest absolute Gasteiger partial charge is 0.275 e. The molecule has 134 valence electrons. The number of aromatic nitrogens is 4. The summed E-state index contributed by atoms with van der Waals surface area (Å²) in [6.45, 7) is 3.99. The van der Waals surface area contributed by atoms with Gasteiger partial charge < -0.3 is 15.3 Å². The number of aliphatic hydroxyl groups excluding tert-OH is 1. The topological polar surface area (TPSA) is 137 Å². The highest BCUT2D eigenvalue weighted by Crippen LogP contribution is 2.21. The van der Waals surface area contributed by atoms with Crippen LogP contribution in [-0.4, -0.2) is 68.1 Å². The van der Waals surface area contributed by atoms with Crippen LogP contribution in [0.15, 0.2) is 10.7 Å². The first-order valence-electron chi connectivity index (χ1n) is 7.98. The van der Waals surface area contributed by atoms with Crippen molar-refractivity contribution in [3.8, 4) is 0 Å². The van der Waals surface area contributed by atoms with E-state index in [2.05, 4.69) is 30.5 Å². The molecule has 0 unspecified atom stereocenters.